The summed E-state index contributed by atoms with van der Waals surface area (Å²) in [5, 5.41) is 13.4. The second kappa shape index (κ2) is 6.78. The van der Waals surface area contributed by atoms with Crippen LogP contribution in [-0.2, 0) is 11.3 Å². The molecule has 0 radical (unpaired) electrons. The molecule has 1 unspecified atom stereocenters. The Bertz CT molecular complexity index is 505. The lowest BCUT2D eigenvalue weighted by molar-refractivity contribution is -0.135. The Morgan fingerprint density at radius 3 is 2.95 bits per heavy atom. The van der Waals surface area contributed by atoms with Crippen LogP contribution in [0.2, 0.25) is 0 Å². The lowest BCUT2D eigenvalue weighted by atomic mass is 10.1. The standard InChI is InChI=1S/C15H23N3O3/c1-17(2)15(20)12-9-16-7-8-18(12)10-11-5-4-6-13(21-3)14(11)19/h4-6,12,16,19H,7-10H2,1-3H3. The predicted octanol–water partition coefficient (Wildman–Crippen LogP) is 0.263. The molecule has 0 bridgehead atoms. The average Bonchev–Trinajstić information content (AvgIpc) is 2.49. The molecule has 2 rings (SSSR count). The highest BCUT2D eigenvalue weighted by atomic mass is 16.5. The van der Waals surface area contributed by atoms with Gasteiger partial charge in [0.05, 0.1) is 7.11 Å². The molecule has 116 valence electrons. The third-order valence-electron chi connectivity index (χ3n) is 3.76. The molecule has 6 nitrogen and oxygen atoms in total. The number of nitrogens with one attached hydrogen (secondary N) is 1. The van der Waals surface area contributed by atoms with E-state index in [1.54, 1.807) is 25.1 Å². The summed E-state index contributed by atoms with van der Waals surface area (Å²) < 4.78 is 5.13. The molecule has 0 aliphatic carbocycles. The van der Waals surface area contributed by atoms with E-state index < -0.39 is 0 Å². The second-order valence-electron chi connectivity index (χ2n) is 5.39. The minimum atomic E-state index is -0.209. The van der Waals surface area contributed by atoms with Crippen LogP contribution in [0, 0.1) is 0 Å². The molecule has 0 aromatic heterocycles. The van der Waals surface area contributed by atoms with Gasteiger partial charge in [0.15, 0.2) is 11.5 Å². The van der Waals surface area contributed by atoms with Crippen molar-refractivity contribution in [3.05, 3.63) is 23.8 Å². The van der Waals surface area contributed by atoms with Gasteiger partial charge in [0.2, 0.25) is 5.91 Å². The van der Waals surface area contributed by atoms with Crippen LogP contribution in [0.15, 0.2) is 18.2 Å². The molecule has 1 amide bonds. The van der Waals surface area contributed by atoms with Gasteiger partial charge in [-0.3, -0.25) is 9.69 Å². The van der Waals surface area contributed by atoms with Crippen molar-refractivity contribution in [3.8, 4) is 11.5 Å². The lowest BCUT2D eigenvalue weighted by Crippen LogP contribution is -2.57. The zero-order chi connectivity index (χ0) is 15.4. The predicted molar refractivity (Wildman–Crippen MR) is 80.4 cm³/mol. The number of para-hydroxylation sites is 1. The summed E-state index contributed by atoms with van der Waals surface area (Å²) in [5.74, 6) is 0.678. The number of hydrogen-bond donors (Lipinski definition) is 2. The van der Waals surface area contributed by atoms with E-state index in [2.05, 4.69) is 10.2 Å². The highest BCUT2D eigenvalue weighted by Crippen LogP contribution is 2.30. The van der Waals surface area contributed by atoms with Gasteiger partial charge in [0.25, 0.3) is 0 Å². The van der Waals surface area contributed by atoms with E-state index in [-0.39, 0.29) is 17.7 Å². The van der Waals surface area contributed by atoms with E-state index in [0.29, 0.717) is 18.8 Å². The molecule has 1 atom stereocenters. The number of rotatable bonds is 4. The molecule has 1 saturated heterocycles. The van der Waals surface area contributed by atoms with Gasteiger partial charge in [-0.05, 0) is 6.07 Å². The summed E-state index contributed by atoms with van der Waals surface area (Å²) in [6.07, 6.45) is 0. The van der Waals surface area contributed by atoms with Crippen LogP contribution in [-0.4, -0.2) is 67.7 Å². The van der Waals surface area contributed by atoms with E-state index in [1.165, 1.54) is 7.11 Å². The van der Waals surface area contributed by atoms with Crippen LogP contribution in [0.1, 0.15) is 5.56 Å². The van der Waals surface area contributed by atoms with E-state index in [4.69, 9.17) is 4.74 Å². The number of methoxy groups -OCH3 is 1. The van der Waals surface area contributed by atoms with Gasteiger partial charge in [-0.2, -0.15) is 0 Å². The summed E-state index contributed by atoms with van der Waals surface area (Å²) in [5.41, 5.74) is 0.771. The maximum atomic E-state index is 12.3. The topological polar surface area (TPSA) is 65.0 Å². The van der Waals surface area contributed by atoms with Crippen molar-refractivity contribution < 1.29 is 14.6 Å². The van der Waals surface area contributed by atoms with Crippen molar-refractivity contribution in [2.24, 2.45) is 0 Å². The fraction of sp³-hybridized carbons (Fsp3) is 0.533. The first-order valence-corrected chi connectivity index (χ1v) is 7.05. The minimum Gasteiger partial charge on any atom is -0.504 e. The van der Waals surface area contributed by atoms with Crippen molar-refractivity contribution in [2.75, 3.05) is 40.8 Å². The van der Waals surface area contributed by atoms with Gasteiger partial charge in [0, 0.05) is 45.8 Å². The van der Waals surface area contributed by atoms with E-state index >= 15 is 0 Å². The zero-order valence-corrected chi connectivity index (χ0v) is 12.8. The SMILES string of the molecule is COc1cccc(CN2CCNCC2C(=O)N(C)C)c1O. The number of ether oxygens (including phenoxy) is 1. The number of phenols is 1. The van der Waals surface area contributed by atoms with Crippen LogP contribution in [0.25, 0.3) is 0 Å². The molecule has 1 fully saturated rings. The van der Waals surface area contributed by atoms with Crippen LogP contribution in [0.5, 0.6) is 11.5 Å². The molecule has 1 aliphatic heterocycles. The molecule has 6 heteroatoms. The molecule has 21 heavy (non-hydrogen) atoms. The maximum Gasteiger partial charge on any atom is 0.240 e. The summed E-state index contributed by atoms with van der Waals surface area (Å²) in [7, 11) is 5.05. The monoisotopic (exact) mass is 293 g/mol. The van der Waals surface area contributed by atoms with Gasteiger partial charge in [-0.15, -0.1) is 0 Å². The Balaban J connectivity index is 2.18. The molecule has 1 aliphatic rings. The molecule has 1 aromatic rings. The summed E-state index contributed by atoms with van der Waals surface area (Å²) in [4.78, 5) is 16.0. The molecule has 0 saturated carbocycles. The first-order chi connectivity index (χ1) is 10.0. The molecule has 1 heterocycles. The van der Waals surface area contributed by atoms with Gasteiger partial charge >= 0.3 is 0 Å². The van der Waals surface area contributed by atoms with Crippen molar-refractivity contribution in [1.29, 1.82) is 0 Å². The third-order valence-corrected chi connectivity index (χ3v) is 3.76. The average molecular weight is 293 g/mol. The molecular weight excluding hydrogens is 270 g/mol. The van der Waals surface area contributed by atoms with Crippen molar-refractivity contribution in [3.63, 3.8) is 0 Å². The van der Waals surface area contributed by atoms with E-state index in [0.717, 1.165) is 18.7 Å². The quantitative estimate of drug-likeness (QED) is 0.834. The largest absolute Gasteiger partial charge is 0.504 e. The molecule has 2 N–H and O–H groups in total. The number of benzene rings is 1. The van der Waals surface area contributed by atoms with Gasteiger partial charge in [-0.1, -0.05) is 12.1 Å². The van der Waals surface area contributed by atoms with E-state index in [9.17, 15) is 9.90 Å². The number of aromatic hydroxyl groups is 1. The smallest absolute Gasteiger partial charge is 0.240 e. The maximum absolute atomic E-state index is 12.3. The number of hydrogen-bond acceptors (Lipinski definition) is 5. The first-order valence-electron chi connectivity index (χ1n) is 7.05. The summed E-state index contributed by atoms with van der Waals surface area (Å²) >= 11 is 0. The number of carbonyl (C=O) groups excluding carboxylic acids is 1. The highest BCUT2D eigenvalue weighted by Gasteiger charge is 2.30. The van der Waals surface area contributed by atoms with Crippen LogP contribution in [0.3, 0.4) is 0 Å². The van der Waals surface area contributed by atoms with Crippen LogP contribution < -0.4 is 10.1 Å². The van der Waals surface area contributed by atoms with Crippen molar-refractivity contribution in [2.45, 2.75) is 12.6 Å². The van der Waals surface area contributed by atoms with Gasteiger partial charge in [-0.25, -0.2) is 0 Å². The Labute approximate surface area is 125 Å². The summed E-state index contributed by atoms with van der Waals surface area (Å²) in [6.45, 7) is 2.75. The van der Waals surface area contributed by atoms with Crippen LogP contribution >= 0.6 is 0 Å². The number of piperazine rings is 1. The number of nitrogens with zero attached hydrogens (tertiary/aromatic N) is 2. The minimum absolute atomic E-state index is 0.0737. The normalized spacial score (nSPS) is 19.3. The lowest BCUT2D eigenvalue weighted by Gasteiger charge is -2.36. The van der Waals surface area contributed by atoms with Crippen molar-refractivity contribution in [1.82, 2.24) is 15.1 Å². The first kappa shape index (κ1) is 15.6. The highest BCUT2D eigenvalue weighted by molar-refractivity contribution is 5.81. The molecular formula is C15H23N3O3. The number of phenolic OH excluding ortho intramolecular Hbond substituents is 1. The number of carbonyl (C=O) groups is 1. The molecule has 0 spiro atoms. The van der Waals surface area contributed by atoms with Gasteiger partial charge in [0.1, 0.15) is 6.04 Å². The second-order valence-corrected chi connectivity index (χ2v) is 5.39. The van der Waals surface area contributed by atoms with Gasteiger partial charge < -0.3 is 20.1 Å². The Morgan fingerprint density at radius 2 is 2.29 bits per heavy atom. The fourth-order valence-electron chi connectivity index (χ4n) is 2.56. The Kier molecular flexibility index (Phi) is 5.03. The van der Waals surface area contributed by atoms with E-state index in [1.807, 2.05) is 12.1 Å². The summed E-state index contributed by atoms with van der Waals surface area (Å²) in [6, 6.07) is 5.22. The molecule has 1 aromatic carbocycles. The van der Waals surface area contributed by atoms with Crippen molar-refractivity contribution >= 4 is 5.91 Å². The zero-order valence-electron chi connectivity index (χ0n) is 12.8. The Hall–Kier alpha value is -1.79. The number of likely N-dealkylation sites (N-methyl/N-ethyl adjacent to an activating group) is 1. The Morgan fingerprint density at radius 1 is 1.52 bits per heavy atom. The van der Waals surface area contributed by atoms with Crippen LogP contribution in [0.4, 0.5) is 0 Å². The third kappa shape index (κ3) is 3.46. The number of amides is 1. The fourth-order valence-corrected chi connectivity index (χ4v) is 2.56.